The van der Waals surface area contributed by atoms with E-state index < -0.39 is 0 Å². The van der Waals surface area contributed by atoms with E-state index in [1.54, 1.807) is 11.0 Å². The van der Waals surface area contributed by atoms with Gasteiger partial charge in [0.2, 0.25) is 0 Å². The van der Waals surface area contributed by atoms with Gasteiger partial charge in [0.05, 0.1) is 5.69 Å². The predicted molar refractivity (Wildman–Crippen MR) is 104 cm³/mol. The van der Waals surface area contributed by atoms with E-state index in [-0.39, 0.29) is 5.91 Å². The number of hydrogen-bond donors (Lipinski definition) is 0. The highest BCUT2D eigenvalue weighted by Crippen LogP contribution is 2.14. The Bertz CT molecular complexity index is 897. The number of aryl methyl sites for hydroxylation is 1. The van der Waals surface area contributed by atoms with Crippen LogP contribution in [0.3, 0.4) is 0 Å². The molecule has 0 atom stereocenters. The lowest BCUT2D eigenvalue weighted by molar-refractivity contribution is 0.0628. The van der Waals surface area contributed by atoms with Gasteiger partial charge in [-0.2, -0.15) is 5.10 Å². The maximum atomic E-state index is 12.8. The van der Waals surface area contributed by atoms with Crippen molar-refractivity contribution >= 4 is 5.91 Å². The molecule has 0 unspecified atom stereocenters. The van der Waals surface area contributed by atoms with Crippen LogP contribution in [-0.4, -0.2) is 56.7 Å². The number of hydrogen-bond acceptors (Lipinski definition) is 4. The van der Waals surface area contributed by atoms with Gasteiger partial charge in [0.1, 0.15) is 12.7 Å². The third-order valence-electron chi connectivity index (χ3n) is 4.95. The molecule has 4 rings (SSSR count). The van der Waals surface area contributed by atoms with E-state index in [9.17, 15) is 4.79 Å². The fourth-order valence-electron chi connectivity index (χ4n) is 3.46. The van der Waals surface area contributed by atoms with Crippen LogP contribution in [0.2, 0.25) is 0 Å². The smallest absolute Gasteiger partial charge is 0.253 e. The second-order valence-corrected chi connectivity index (χ2v) is 6.94. The number of nitrogens with zero attached hydrogens (tertiary/aromatic N) is 5. The Kier molecular flexibility index (Phi) is 4.98. The van der Waals surface area contributed by atoms with E-state index in [0.29, 0.717) is 5.56 Å². The van der Waals surface area contributed by atoms with Crippen molar-refractivity contribution in [1.82, 2.24) is 24.6 Å². The Balaban J connectivity index is 1.34. The summed E-state index contributed by atoms with van der Waals surface area (Å²) in [4.78, 5) is 21.1. The molecule has 27 heavy (non-hydrogen) atoms. The fraction of sp³-hybridized carbons (Fsp3) is 0.286. The van der Waals surface area contributed by atoms with E-state index in [1.807, 2.05) is 29.2 Å². The summed E-state index contributed by atoms with van der Waals surface area (Å²) >= 11 is 0. The van der Waals surface area contributed by atoms with Crippen LogP contribution in [0.1, 0.15) is 21.5 Å². The zero-order valence-corrected chi connectivity index (χ0v) is 15.5. The minimum atomic E-state index is 0.0929. The van der Waals surface area contributed by atoms with Crippen LogP contribution in [0.5, 0.6) is 0 Å². The summed E-state index contributed by atoms with van der Waals surface area (Å²) in [5.41, 5.74) is 4.23. The zero-order valence-electron chi connectivity index (χ0n) is 15.5. The first-order valence-electron chi connectivity index (χ1n) is 9.21. The molecule has 3 aromatic rings. The molecule has 1 saturated heterocycles. The van der Waals surface area contributed by atoms with Crippen LogP contribution in [0, 0.1) is 6.92 Å². The highest BCUT2D eigenvalue weighted by atomic mass is 16.2. The lowest BCUT2D eigenvalue weighted by atomic mass is 10.1. The highest BCUT2D eigenvalue weighted by Gasteiger charge is 2.22. The summed E-state index contributed by atoms with van der Waals surface area (Å²) < 4.78 is 1.68. The maximum absolute atomic E-state index is 12.8. The number of amides is 1. The first-order chi connectivity index (χ1) is 13.2. The van der Waals surface area contributed by atoms with Crippen LogP contribution < -0.4 is 0 Å². The molecule has 138 valence electrons. The third kappa shape index (κ3) is 4.06. The number of carbonyl (C=O) groups excluding carboxylic acids is 1. The average molecular weight is 361 g/mol. The largest absolute Gasteiger partial charge is 0.336 e. The Hall–Kier alpha value is -2.99. The Morgan fingerprint density at radius 1 is 1.04 bits per heavy atom. The summed E-state index contributed by atoms with van der Waals surface area (Å²) in [6, 6.07) is 16.1. The first-order valence-corrected chi connectivity index (χ1v) is 9.21. The lowest BCUT2D eigenvalue weighted by Gasteiger charge is -2.34. The average Bonchev–Trinajstić information content (AvgIpc) is 3.23. The van der Waals surface area contributed by atoms with Gasteiger partial charge in [0.25, 0.3) is 5.91 Å². The Morgan fingerprint density at radius 3 is 2.48 bits per heavy atom. The molecule has 1 aliphatic heterocycles. The quantitative estimate of drug-likeness (QED) is 0.717. The second-order valence-electron chi connectivity index (χ2n) is 6.94. The van der Waals surface area contributed by atoms with Crippen molar-refractivity contribution in [2.24, 2.45) is 0 Å². The summed E-state index contributed by atoms with van der Waals surface area (Å²) in [7, 11) is 0. The van der Waals surface area contributed by atoms with Gasteiger partial charge < -0.3 is 4.90 Å². The van der Waals surface area contributed by atoms with Gasteiger partial charge in [-0.25, -0.2) is 9.67 Å². The number of carbonyl (C=O) groups is 1. The number of rotatable bonds is 4. The van der Waals surface area contributed by atoms with Crippen LogP contribution in [-0.2, 0) is 6.54 Å². The van der Waals surface area contributed by atoms with Gasteiger partial charge in [-0.05, 0) is 36.8 Å². The molecule has 1 aliphatic rings. The predicted octanol–water partition coefficient (Wildman–Crippen LogP) is 2.53. The molecule has 1 fully saturated rings. The van der Waals surface area contributed by atoms with Crippen molar-refractivity contribution in [2.75, 3.05) is 26.2 Å². The number of aromatic nitrogens is 3. The van der Waals surface area contributed by atoms with Gasteiger partial charge in [-0.15, -0.1) is 0 Å². The summed E-state index contributed by atoms with van der Waals surface area (Å²) in [6.07, 6.45) is 3.14. The van der Waals surface area contributed by atoms with Crippen LogP contribution in [0.25, 0.3) is 5.69 Å². The third-order valence-corrected chi connectivity index (χ3v) is 4.95. The summed E-state index contributed by atoms with van der Waals surface area (Å²) in [5, 5.41) is 4.10. The van der Waals surface area contributed by atoms with E-state index in [1.165, 1.54) is 17.5 Å². The van der Waals surface area contributed by atoms with E-state index in [2.05, 4.69) is 46.2 Å². The zero-order chi connectivity index (χ0) is 18.6. The van der Waals surface area contributed by atoms with E-state index >= 15 is 0 Å². The van der Waals surface area contributed by atoms with Crippen molar-refractivity contribution in [2.45, 2.75) is 13.5 Å². The van der Waals surface area contributed by atoms with Gasteiger partial charge in [0.15, 0.2) is 0 Å². The minimum Gasteiger partial charge on any atom is -0.336 e. The van der Waals surface area contributed by atoms with Crippen molar-refractivity contribution in [1.29, 1.82) is 0 Å². The molecule has 0 N–H and O–H groups in total. The molecule has 2 aromatic carbocycles. The van der Waals surface area contributed by atoms with Crippen molar-refractivity contribution in [3.63, 3.8) is 0 Å². The van der Waals surface area contributed by atoms with Crippen LogP contribution in [0.4, 0.5) is 0 Å². The van der Waals surface area contributed by atoms with Crippen LogP contribution >= 0.6 is 0 Å². The summed E-state index contributed by atoms with van der Waals surface area (Å²) in [5.74, 6) is 0.0929. The molecule has 0 bridgehead atoms. The molecule has 2 heterocycles. The maximum Gasteiger partial charge on any atom is 0.253 e. The molecule has 1 amide bonds. The Labute approximate surface area is 159 Å². The normalized spacial score (nSPS) is 15.1. The number of piperazine rings is 1. The molecular weight excluding hydrogens is 338 g/mol. The van der Waals surface area contributed by atoms with Crippen molar-refractivity contribution in [3.8, 4) is 5.69 Å². The molecule has 0 saturated carbocycles. The fourth-order valence-corrected chi connectivity index (χ4v) is 3.46. The monoisotopic (exact) mass is 361 g/mol. The van der Waals surface area contributed by atoms with E-state index in [4.69, 9.17) is 0 Å². The standard InChI is InChI=1S/C21H23N5O/c1-17-3-2-4-18(13-17)14-24-9-11-25(12-10-24)21(27)19-5-7-20(8-6-19)26-16-22-15-23-26/h2-8,13,15-16H,9-12,14H2,1H3. The lowest BCUT2D eigenvalue weighted by Crippen LogP contribution is -2.48. The highest BCUT2D eigenvalue weighted by molar-refractivity contribution is 5.94. The van der Waals surface area contributed by atoms with Crippen molar-refractivity contribution in [3.05, 3.63) is 77.9 Å². The molecule has 0 aliphatic carbocycles. The number of benzene rings is 2. The molecule has 6 heteroatoms. The minimum absolute atomic E-state index is 0.0929. The topological polar surface area (TPSA) is 54.3 Å². The second kappa shape index (κ2) is 7.72. The van der Waals surface area contributed by atoms with Gasteiger partial charge >= 0.3 is 0 Å². The molecule has 0 radical (unpaired) electrons. The Morgan fingerprint density at radius 2 is 1.81 bits per heavy atom. The summed E-state index contributed by atoms with van der Waals surface area (Å²) in [6.45, 7) is 6.38. The van der Waals surface area contributed by atoms with Gasteiger partial charge in [0, 0.05) is 38.3 Å². The molecular formula is C21H23N5O. The first kappa shape index (κ1) is 17.4. The van der Waals surface area contributed by atoms with Crippen molar-refractivity contribution < 1.29 is 4.79 Å². The van der Waals surface area contributed by atoms with Gasteiger partial charge in [-0.3, -0.25) is 9.69 Å². The molecule has 0 spiro atoms. The van der Waals surface area contributed by atoms with E-state index in [0.717, 1.165) is 38.4 Å². The molecule has 1 aromatic heterocycles. The SMILES string of the molecule is Cc1cccc(CN2CCN(C(=O)c3ccc(-n4cncn4)cc3)CC2)c1. The van der Waals surface area contributed by atoms with Gasteiger partial charge in [-0.1, -0.05) is 29.8 Å². The molecule has 6 nitrogen and oxygen atoms in total. The van der Waals surface area contributed by atoms with Crippen LogP contribution in [0.15, 0.2) is 61.2 Å².